The molecule has 1 saturated heterocycles. The summed E-state index contributed by atoms with van der Waals surface area (Å²) in [6.45, 7) is 6.40. The van der Waals surface area contributed by atoms with Crippen molar-refractivity contribution in [2.45, 2.75) is 13.8 Å². The monoisotopic (exact) mass is 397 g/mol. The fourth-order valence-corrected chi connectivity index (χ4v) is 3.40. The topological polar surface area (TPSA) is 96.9 Å². The zero-order chi connectivity index (χ0) is 20.4. The first kappa shape index (κ1) is 19.0. The standard InChI is InChI=1S/C20H23N5O4/c1-13-21-16(20(27)25-7-5-24(6-8-25)14(2)26)12-19(22-13)23-15-3-4-17-18(11-15)29-10-9-28-17/h3-4,11-12H,5-10H2,1-2H3,(H,21,22,23). The number of piperazine rings is 1. The Morgan fingerprint density at radius 1 is 0.966 bits per heavy atom. The van der Waals surface area contributed by atoms with Gasteiger partial charge in [0.1, 0.15) is 30.5 Å². The summed E-state index contributed by atoms with van der Waals surface area (Å²) in [6, 6.07) is 7.19. The summed E-state index contributed by atoms with van der Waals surface area (Å²) in [6.07, 6.45) is 0. The molecule has 1 fully saturated rings. The number of nitrogens with one attached hydrogen (secondary N) is 1. The molecule has 2 aliphatic heterocycles. The highest BCUT2D eigenvalue weighted by Gasteiger charge is 2.24. The van der Waals surface area contributed by atoms with Crippen molar-refractivity contribution in [2.75, 3.05) is 44.7 Å². The fraction of sp³-hybridized carbons (Fsp3) is 0.400. The van der Waals surface area contributed by atoms with Gasteiger partial charge in [0.15, 0.2) is 11.5 Å². The molecule has 2 aliphatic rings. The Morgan fingerprint density at radius 2 is 1.66 bits per heavy atom. The van der Waals surface area contributed by atoms with Crippen LogP contribution in [0, 0.1) is 6.92 Å². The molecule has 0 unspecified atom stereocenters. The summed E-state index contributed by atoms with van der Waals surface area (Å²) >= 11 is 0. The second-order valence-corrected chi connectivity index (χ2v) is 6.97. The number of benzene rings is 1. The molecular formula is C20H23N5O4. The Kier molecular flexibility index (Phi) is 5.20. The van der Waals surface area contributed by atoms with Crippen molar-refractivity contribution in [3.63, 3.8) is 0 Å². The van der Waals surface area contributed by atoms with Crippen LogP contribution >= 0.6 is 0 Å². The lowest BCUT2D eigenvalue weighted by Crippen LogP contribution is -2.50. The Bertz CT molecular complexity index is 940. The van der Waals surface area contributed by atoms with Crippen LogP contribution in [0.15, 0.2) is 24.3 Å². The number of ether oxygens (including phenoxy) is 2. The van der Waals surface area contributed by atoms with Gasteiger partial charge in [0, 0.05) is 50.9 Å². The molecule has 1 aromatic carbocycles. The predicted octanol–water partition coefficient (Wildman–Crippen LogP) is 1.60. The van der Waals surface area contributed by atoms with Crippen LogP contribution in [0.2, 0.25) is 0 Å². The molecule has 2 amide bonds. The molecule has 4 rings (SSSR count). The minimum absolute atomic E-state index is 0.0286. The molecule has 9 heteroatoms. The van der Waals surface area contributed by atoms with Gasteiger partial charge >= 0.3 is 0 Å². The van der Waals surface area contributed by atoms with Crippen LogP contribution < -0.4 is 14.8 Å². The van der Waals surface area contributed by atoms with Gasteiger partial charge in [0.25, 0.3) is 5.91 Å². The Hall–Kier alpha value is -3.36. The first-order valence-electron chi connectivity index (χ1n) is 9.57. The summed E-state index contributed by atoms with van der Waals surface area (Å²) < 4.78 is 11.1. The van der Waals surface area contributed by atoms with E-state index in [0.29, 0.717) is 68.2 Å². The van der Waals surface area contributed by atoms with Crippen LogP contribution in [-0.4, -0.2) is 71.0 Å². The second kappa shape index (κ2) is 7.94. The van der Waals surface area contributed by atoms with E-state index >= 15 is 0 Å². The largest absolute Gasteiger partial charge is 0.486 e. The molecule has 1 aromatic heterocycles. The van der Waals surface area contributed by atoms with E-state index in [1.807, 2.05) is 18.2 Å². The molecule has 0 atom stereocenters. The highest BCUT2D eigenvalue weighted by atomic mass is 16.6. The molecule has 0 saturated carbocycles. The molecule has 1 N–H and O–H groups in total. The van der Waals surface area contributed by atoms with E-state index in [-0.39, 0.29) is 11.8 Å². The van der Waals surface area contributed by atoms with Crippen molar-refractivity contribution < 1.29 is 19.1 Å². The maximum atomic E-state index is 12.9. The first-order chi connectivity index (χ1) is 14.0. The lowest BCUT2D eigenvalue weighted by Gasteiger charge is -2.34. The lowest BCUT2D eigenvalue weighted by molar-refractivity contribution is -0.130. The van der Waals surface area contributed by atoms with Crippen molar-refractivity contribution in [2.24, 2.45) is 0 Å². The van der Waals surface area contributed by atoms with Gasteiger partial charge in [-0.15, -0.1) is 0 Å². The molecule has 0 bridgehead atoms. The summed E-state index contributed by atoms with van der Waals surface area (Å²) in [5, 5.41) is 3.20. The normalized spacial score (nSPS) is 15.8. The van der Waals surface area contributed by atoms with Gasteiger partial charge in [0.05, 0.1) is 0 Å². The van der Waals surface area contributed by atoms with Crippen LogP contribution in [0.1, 0.15) is 23.2 Å². The average molecular weight is 397 g/mol. The van der Waals surface area contributed by atoms with Crippen LogP contribution in [0.4, 0.5) is 11.5 Å². The highest BCUT2D eigenvalue weighted by molar-refractivity contribution is 5.93. The summed E-state index contributed by atoms with van der Waals surface area (Å²) in [4.78, 5) is 36.5. The summed E-state index contributed by atoms with van der Waals surface area (Å²) in [7, 11) is 0. The summed E-state index contributed by atoms with van der Waals surface area (Å²) in [5.74, 6) is 2.27. The first-order valence-corrected chi connectivity index (χ1v) is 9.57. The number of aromatic nitrogens is 2. The number of rotatable bonds is 3. The number of hydrogen-bond acceptors (Lipinski definition) is 7. The maximum absolute atomic E-state index is 12.9. The van der Waals surface area contributed by atoms with Gasteiger partial charge < -0.3 is 24.6 Å². The SMILES string of the molecule is CC(=O)N1CCN(C(=O)c2cc(Nc3ccc4c(c3)OCCO4)nc(C)n2)CC1. The number of amides is 2. The molecule has 2 aromatic rings. The Labute approximate surface area is 168 Å². The molecule has 3 heterocycles. The van der Waals surface area contributed by atoms with E-state index < -0.39 is 0 Å². The van der Waals surface area contributed by atoms with Crippen LogP contribution in [0.5, 0.6) is 11.5 Å². The van der Waals surface area contributed by atoms with Crippen molar-refractivity contribution >= 4 is 23.3 Å². The van der Waals surface area contributed by atoms with Crippen molar-refractivity contribution in [3.05, 3.63) is 35.8 Å². The molecule has 0 radical (unpaired) electrons. The van der Waals surface area contributed by atoms with Gasteiger partial charge in [-0.05, 0) is 19.1 Å². The molecule has 0 aliphatic carbocycles. The molecule has 29 heavy (non-hydrogen) atoms. The van der Waals surface area contributed by atoms with Gasteiger partial charge in [-0.25, -0.2) is 9.97 Å². The van der Waals surface area contributed by atoms with Gasteiger partial charge in [0.2, 0.25) is 5.91 Å². The number of nitrogens with zero attached hydrogens (tertiary/aromatic N) is 4. The maximum Gasteiger partial charge on any atom is 0.272 e. The third-order valence-corrected chi connectivity index (χ3v) is 4.88. The summed E-state index contributed by atoms with van der Waals surface area (Å²) in [5.41, 5.74) is 1.11. The van der Waals surface area contributed by atoms with Crippen molar-refractivity contribution in [3.8, 4) is 11.5 Å². The van der Waals surface area contributed by atoms with Gasteiger partial charge in [-0.2, -0.15) is 0 Å². The minimum atomic E-state index is -0.163. The van der Waals surface area contributed by atoms with Crippen molar-refractivity contribution in [1.29, 1.82) is 0 Å². The third-order valence-electron chi connectivity index (χ3n) is 4.88. The van der Waals surface area contributed by atoms with Gasteiger partial charge in [-0.1, -0.05) is 0 Å². The zero-order valence-corrected chi connectivity index (χ0v) is 16.5. The highest BCUT2D eigenvalue weighted by Crippen LogP contribution is 2.33. The Morgan fingerprint density at radius 3 is 2.38 bits per heavy atom. The minimum Gasteiger partial charge on any atom is -0.486 e. The number of carbonyl (C=O) groups is 2. The third kappa shape index (κ3) is 4.23. The average Bonchev–Trinajstić information content (AvgIpc) is 2.73. The van der Waals surface area contributed by atoms with Crippen LogP contribution in [-0.2, 0) is 4.79 Å². The molecular weight excluding hydrogens is 374 g/mol. The van der Waals surface area contributed by atoms with E-state index in [2.05, 4.69) is 15.3 Å². The molecule has 0 spiro atoms. The van der Waals surface area contributed by atoms with Gasteiger partial charge in [-0.3, -0.25) is 9.59 Å². The predicted molar refractivity (Wildman–Crippen MR) is 106 cm³/mol. The number of carbonyl (C=O) groups excluding carboxylic acids is 2. The van der Waals surface area contributed by atoms with E-state index in [1.165, 1.54) is 0 Å². The van der Waals surface area contributed by atoms with E-state index in [1.54, 1.807) is 29.7 Å². The molecule has 9 nitrogen and oxygen atoms in total. The quantitative estimate of drug-likeness (QED) is 0.840. The van der Waals surface area contributed by atoms with Crippen molar-refractivity contribution in [1.82, 2.24) is 19.8 Å². The number of aryl methyl sites for hydroxylation is 1. The number of anilines is 2. The van der Waals surface area contributed by atoms with E-state index in [0.717, 1.165) is 5.69 Å². The van der Waals surface area contributed by atoms with Crippen LogP contribution in [0.25, 0.3) is 0 Å². The number of hydrogen-bond donors (Lipinski definition) is 1. The van der Waals surface area contributed by atoms with E-state index in [9.17, 15) is 9.59 Å². The van der Waals surface area contributed by atoms with Crippen LogP contribution in [0.3, 0.4) is 0 Å². The smallest absolute Gasteiger partial charge is 0.272 e. The number of fused-ring (bicyclic) bond motifs is 1. The lowest BCUT2D eigenvalue weighted by atomic mass is 10.2. The molecule has 152 valence electrons. The second-order valence-electron chi connectivity index (χ2n) is 6.97. The Balaban J connectivity index is 1.49. The van der Waals surface area contributed by atoms with E-state index in [4.69, 9.17) is 9.47 Å². The fourth-order valence-electron chi connectivity index (χ4n) is 3.40. The zero-order valence-electron chi connectivity index (χ0n) is 16.5.